The van der Waals surface area contributed by atoms with Gasteiger partial charge in [-0.05, 0) is 41.8 Å². The second-order valence-corrected chi connectivity index (χ2v) is 14.9. The van der Waals surface area contributed by atoms with Crippen LogP contribution in [0.3, 0.4) is 0 Å². The van der Waals surface area contributed by atoms with Crippen LogP contribution in [-0.2, 0) is 50.3 Å². The molecule has 0 radical (unpaired) electrons. The van der Waals surface area contributed by atoms with E-state index in [0.29, 0.717) is 30.1 Å². The molecule has 10 nitrogen and oxygen atoms in total. The molecule has 3 heterocycles. The number of rotatable bonds is 11. The van der Waals surface area contributed by atoms with Crippen molar-refractivity contribution in [2.24, 2.45) is 0 Å². The van der Waals surface area contributed by atoms with Gasteiger partial charge in [-0.15, -0.1) is 0 Å². The largest absolute Gasteiger partial charge is 0.468 e. The van der Waals surface area contributed by atoms with Crippen molar-refractivity contribution in [3.05, 3.63) is 111 Å². The molecular formula is C38H42ClN5O5S. The van der Waals surface area contributed by atoms with Crippen molar-refractivity contribution in [3.8, 4) is 23.1 Å². The summed E-state index contributed by atoms with van der Waals surface area (Å²) >= 11 is 6.63. The van der Waals surface area contributed by atoms with Gasteiger partial charge in [-0.25, -0.2) is 13.2 Å². The zero-order chi connectivity index (χ0) is 35.1. The maximum atomic E-state index is 12.5. The number of nitrogens with one attached hydrogen (secondary N) is 1. The van der Waals surface area contributed by atoms with E-state index in [2.05, 4.69) is 26.7 Å². The average Bonchev–Trinajstić information content (AvgIpc) is 3.50. The summed E-state index contributed by atoms with van der Waals surface area (Å²) in [6.45, 7) is 6.30. The Bertz CT molecular complexity index is 1970. The van der Waals surface area contributed by atoms with Gasteiger partial charge in [0.25, 0.3) is 0 Å². The molecule has 1 fully saturated rings. The van der Waals surface area contributed by atoms with Crippen LogP contribution in [0.15, 0.2) is 72.8 Å². The fourth-order valence-corrected chi connectivity index (χ4v) is 7.32. The third-order valence-corrected chi connectivity index (χ3v) is 10.7. The molecule has 3 aromatic carbocycles. The van der Waals surface area contributed by atoms with Crippen LogP contribution in [0.25, 0.3) is 11.3 Å². The van der Waals surface area contributed by atoms with Crippen LogP contribution < -0.4 is 5.32 Å². The van der Waals surface area contributed by atoms with Gasteiger partial charge in [0.05, 0.1) is 37.3 Å². The van der Waals surface area contributed by atoms with Crippen LogP contribution in [0.5, 0.6) is 0 Å². The predicted octanol–water partition coefficient (Wildman–Crippen LogP) is 4.65. The molecule has 0 amide bonds. The molecule has 1 aromatic heterocycles. The quantitative estimate of drug-likeness (QED) is 0.177. The van der Waals surface area contributed by atoms with Crippen molar-refractivity contribution in [1.29, 1.82) is 0 Å². The van der Waals surface area contributed by atoms with E-state index >= 15 is 0 Å². The number of nitrogens with zero attached hydrogens (tertiary/aromatic N) is 4. The van der Waals surface area contributed by atoms with E-state index in [1.165, 1.54) is 17.7 Å². The molecule has 1 atom stereocenters. The number of sulfonamides is 1. The average molecular weight is 716 g/mol. The Morgan fingerprint density at radius 3 is 2.50 bits per heavy atom. The number of ether oxygens (including phenoxy) is 2. The second kappa shape index (κ2) is 16.3. The Kier molecular flexibility index (Phi) is 11.7. The number of halogens is 1. The van der Waals surface area contributed by atoms with E-state index in [1.54, 1.807) is 0 Å². The molecule has 2 aliphatic rings. The van der Waals surface area contributed by atoms with Gasteiger partial charge >= 0.3 is 5.97 Å². The molecule has 0 saturated carbocycles. The summed E-state index contributed by atoms with van der Waals surface area (Å²) in [5, 5.41) is 8.86. The van der Waals surface area contributed by atoms with Gasteiger partial charge in [0.2, 0.25) is 10.0 Å². The van der Waals surface area contributed by atoms with Crippen molar-refractivity contribution in [2.75, 3.05) is 52.8 Å². The zero-order valence-electron chi connectivity index (χ0n) is 28.4. The maximum absolute atomic E-state index is 12.5. The van der Waals surface area contributed by atoms with Gasteiger partial charge in [0.1, 0.15) is 6.04 Å². The number of fused-ring (bicyclic) bond motifs is 1. The molecule has 0 aliphatic carbocycles. The molecule has 0 unspecified atom stereocenters. The van der Waals surface area contributed by atoms with E-state index in [0.717, 1.165) is 85.0 Å². The third kappa shape index (κ3) is 8.82. The molecule has 12 heteroatoms. The monoisotopic (exact) mass is 715 g/mol. The lowest BCUT2D eigenvalue weighted by Crippen LogP contribution is -2.37. The van der Waals surface area contributed by atoms with E-state index in [-0.39, 0.29) is 12.5 Å². The minimum Gasteiger partial charge on any atom is -0.468 e. The molecule has 6 rings (SSSR count). The standard InChI is InChI=1S/C38H42ClN5O5S/c1-48-38(45)37(30-7-4-3-5-8-30)40-26-29-11-9-28(10-12-29)13-14-31-25-32(15-16-34(31)39)36-33-27-43(50(2,46)47)20-17-35(33)44(41-36)19-6-18-42-21-23-49-24-22-42/h3-5,7-12,15-16,25,37,40H,6,17-24,26-27H2,1-2H3/t37-/m1/s1. The number of hydrogen-bond donors (Lipinski definition) is 1. The number of carbonyl (C=O) groups is 1. The van der Waals surface area contributed by atoms with Gasteiger partial charge < -0.3 is 9.47 Å². The third-order valence-electron chi connectivity index (χ3n) is 9.13. The Morgan fingerprint density at radius 1 is 1.02 bits per heavy atom. The molecule has 2 aliphatic heterocycles. The maximum Gasteiger partial charge on any atom is 0.327 e. The first-order chi connectivity index (χ1) is 24.2. The Morgan fingerprint density at radius 2 is 1.78 bits per heavy atom. The smallest absolute Gasteiger partial charge is 0.327 e. The summed E-state index contributed by atoms with van der Waals surface area (Å²) in [6, 6.07) is 22.4. The van der Waals surface area contributed by atoms with Crippen molar-refractivity contribution in [2.45, 2.75) is 38.5 Å². The highest BCUT2D eigenvalue weighted by Crippen LogP contribution is 2.33. The van der Waals surface area contributed by atoms with Crippen LogP contribution in [-0.4, -0.2) is 86.1 Å². The number of methoxy groups -OCH3 is 1. The molecule has 50 heavy (non-hydrogen) atoms. The first-order valence-corrected chi connectivity index (χ1v) is 19.0. The number of benzene rings is 3. The highest BCUT2D eigenvalue weighted by Gasteiger charge is 2.30. The molecule has 1 N–H and O–H groups in total. The minimum absolute atomic E-state index is 0.281. The van der Waals surface area contributed by atoms with Crippen molar-refractivity contribution in [3.63, 3.8) is 0 Å². The van der Waals surface area contributed by atoms with Crippen LogP contribution in [0.4, 0.5) is 0 Å². The summed E-state index contributed by atoms with van der Waals surface area (Å²) in [6.07, 6.45) is 2.80. The van der Waals surface area contributed by atoms with E-state index in [9.17, 15) is 13.2 Å². The topological polar surface area (TPSA) is 106 Å². The van der Waals surface area contributed by atoms with E-state index < -0.39 is 16.1 Å². The van der Waals surface area contributed by atoms with E-state index in [4.69, 9.17) is 26.2 Å². The number of morpholine rings is 1. The summed E-state index contributed by atoms with van der Waals surface area (Å²) in [5.74, 6) is 6.11. The molecule has 4 aromatic rings. The number of carbonyl (C=O) groups excluding carboxylic acids is 1. The van der Waals surface area contributed by atoms with Crippen molar-refractivity contribution in [1.82, 2.24) is 24.3 Å². The Labute approximate surface area is 299 Å². The first-order valence-electron chi connectivity index (χ1n) is 16.8. The predicted molar refractivity (Wildman–Crippen MR) is 194 cm³/mol. The van der Waals surface area contributed by atoms with Gasteiger partial charge in [-0.1, -0.05) is 72.0 Å². The molecule has 0 bridgehead atoms. The lowest BCUT2D eigenvalue weighted by Gasteiger charge is -2.27. The number of aryl methyl sites for hydroxylation is 1. The van der Waals surface area contributed by atoms with Crippen LogP contribution in [0.2, 0.25) is 5.02 Å². The highest BCUT2D eigenvalue weighted by atomic mass is 35.5. The van der Waals surface area contributed by atoms with Gasteiger partial charge in [0.15, 0.2) is 0 Å². The summed E-state index contributed by atoms with van der Waals surface area (Å²) in [7, 11) is -1.98. The molecule has 262 valence electrons. The number of esters is 1. The van der Waals surface area contributed by atoms with Gasteiger partial charge in [-0.3, -0.25) is 14.9 Å². The second-order valence-electron chi connectivity index (χ2n) is 12.5. The normalized spacial score (nSPS) is 15.9. The molecule has 1 saturated heterocycles. The van der Waals surface area contributed by atoms with Gasteiger partial charge in [0, 0.05) is 80.2 Å². The number of aromatic nitrogens is 2. The van der Waals surface area contributed by atoms with Gasteiger partial charge in [-0.2, -0.15) is 9.40 Å². The summed E-state index contributed by atoms with van der Waals surface area (Å²) in [5.41, 5.74) is 6.92. The fourth-order valence-electron chi connectivity index (χ4n) is 6.37. The molecule has 0 spiro atoms. The Hall–Kier alpha value is -4.02. The number of hydrogen-bond acceptors (Lipinski definition) is 8. The lowest BCUT2D eigenvalue weighted by atomic mass is 10.0. The van der Waals surface area contributed by atoms with Crippen LogP contribution in [0, 0.1) is 11.8 Å². The summed E-state index contributed by atoms with van der Waals surface area (Å²) < 4.78 is 39.1. The minimum atomic E-state index is -3.36. The Balaban J connectivity index is 1.19. The lowest BCUT2D eigenvalue weighted by molar-refractivity contribution is -0.143. The fraction of sp³-hybridized carbons (Fsp3) is 0.368. The first kappa shape index (κ1) is 35.8. The molecular weight excluding hydrogens is 674 g/mol. The van der Waals surface area contributed by atoms with Crippen LogP contribution in [0.1, 0.15) is 46.0 Å². The SMILES string of the molecule is COC(=O)[C@H](NCc1ccc(C#Cc2cc(-c3nn(CCCN4CCOCC4)c4c3CN(S(C)(=O)=O)CC4)ccc2Cl)cc1)c1ccccc1. The summed E-state index contributed by atoms with van der Waals surface area (Å²) in [4.78, 5) is 14.8. The van der Waals surface area contributed by atoms with E-state index in [1.807, 2.05) is 72.8 Å². The van der Waals surface area contributed by atoms with Crippen LogP contribution >= 0.6 is 11.6 Å². The zero-order valence-corrected chi connectivity index (χ0v) is 30.0. The van der Waals surface area contributed by atoms with Crippen molar-refractivity contribution >= 4 is 27.6 Å². The highest BCUT2D eigenvalue weighted by molar-refractivity contribution is 7.88. The van der Waals surface area contributed by atoms with Crippen molar-refractivity contribution < 1.29 is 22.7 Å².